The summed E-state index contributed by atoms with van der Waals surface area (Å²) in [5.41, 5.74) is 5.49. The Hall–Kier alpha value is -0.610. The van der Waals surface area contributed by atoms with E-state index in [4.69, 9.17) is 15.6 Å². The van der Waals surface area contributed by atoms with Crippen LogP contribution in [0.5, 0.6) is 0 Å². The molecule has 0 aliphatic rings. The number of aliphatic carboxylic acids is 1. The number of nitrogens with two attached hydrogens (primary N) is 1. The van der Waals surface area contributed by atoms with Crippen molar-refractivity contribution < 1.29 is 14.6 Å². The predicted molar refractivity (Wildman–Crippen MR) is 87.4 cm³/mol. The molecule has 4 nitrogen and oxygen atoms in total. The van der Waals surface area contributed by atoms with E-state index in [9.17, 15) is 4.79 Å². The first-order valence-corrected chi connectivity index (χ1v) is 8.37. The molecule has 0 aromatic heterocycles. The molecule has 1 unspecified atom stereocenters. The fraction of sp³-hybridized carbons (Fsp3) is 0.941. The van der Waals surface area contributed by atoms with Gasteiger partial charge in [-0.15, -0.1) is 0 Å². The van der Waals surface area contributed by atoms with Crippen LogP contribution >= 0.6 is 0 Å². The van der Waals surface area contributed by atoms with Crippen LogP contribution < -0.4 is 5.73 Å². The maximum absolute atomic E-state index is 10.9. The average Bonchev–Trinajstić information content (AvgIpc) is 2.38. The van der Waals surface area contributed by atoms with Crippen LogP contribution in [0, 0.1) is 11.3 Å². The van der Waals surface area contributed by atoms with E-state index in [2.05, 4.69) is 20.8 Å². The molecule has 0 aromatic carbocycles. The van der Waals surface area contributed by atoms with Gasteiger partial charge in [-0.2, -0.15) is 0 Å². The quantitative estimate of drug-likeness (QED) is 0.507. The van der Waals surface area contributed by atoms with Crippen molar-refractivity contribution >= 4 is 5.97 Å². The SMILES string of the molecule is CC(C)(C)C(CCCOCCCCCCCN)CC(=O)O. The van der Waals surface area contributed by atoms with E-state index in [0.29, 0.717) is 0 Å². The lowest BCUT2D eigenvalue weighted by Gasteiger charge is -2.29. The van der Waals surface area contributed by atoms with E-state index in [1.54, 1.807) is 0 Å². The second kappa shape index (κ2) is 12.0. The first-order valence-electron chi connectivity index (χ1n) is 8.37. The van der Waals surface area contributed by atoms with Crippen molar-refractivity contribution in [2.45, 2.75) is 72.1 Å². The molecule has 0 heterocycles. The normalized spacial score (nSPS) is 13.3. The first kappa shape index (κ1) is 20.4. The molecule has 126 valence electrons. The summed E-state index contributed by atoms with van der Waals surface area (Å²) < 4.78 is 5.64. The van der Waals surface area contributed by atoms with E-state index >= 15 is 0 Å². The maximum atomic E-state index is 10.9. The number of unbranched alkanes of at least 4 members (excludes halogenated alkanes) is 4. The minimum atomic E-state index is -0.701. The van der Waals surface area contributed by atoms with E-state index in [-0.39, 0.29) is 17.8 Å². The number of hydrogen-bond donors (Lipinski definition) is 2. The highest BCUT2D eigenvalue weighted by Gasteiger charge is 2.26. The number of carboxylic acids is 1. The molecule has 0 bridgehead atoms. The van der Waals surface area contributed by atoms with Gasteiger partial charge in [-0.3, -0.25) is 4.79 Å². The van der Waals surface area contributed by atoms with Gasteiger partial charge in [-0.1, -0.05) is 40.0 Å². The maximum Gasteiger partial charge on any atom is 0.303 e. The van der Waals surface area contributed by atoms with E-state index in [1.807, 2.05) is 0 Å². The molecule has 0 amide bonds. The van der Waals surface area contributed by atoms with Crippen LogP contribution in [0.25, 0.3) is 0 Å². The molecule has 0 saturated heterocycles. The summed E-state index contributed by atoms with van der Waals surface area (Å²) in [7, 11) is 0. The highest BCUT2D eigenvalue weighted by Crippen LogP contribution is 2.32. The van der Waals surface area contributed by atoms with E-state index in [0.717, 1.165) is 45.4 Å². The Bertz CT molecular complexity index is 261. The van der Waals surface area contributed by atoms with Gasteiger partial charge in [0.1, 0.15) is 0 Å². The summed E-state index contributed by atoms with van der Waals surface area (Å²) >= 11 is 0. The van der Waals surface area contributed by atoms with Crippen LogP contribution in [0.4, 0.5) is 0 Å². The first-order chi connectivity index (χ1) is 9.88. The Morgan fingerprint density at radius 3 is 2.19 bits per heavy atom. The standard InChI is InChI=1S/C17H35NO3/c1-17(2,3)15(14-16(19)20)10-9-13-21-12-8-6-4-5-7-11-18/h15H,4-14,18H2,1-3H3,(H,19,20). The van der Waals surface area contributed by atoms with Crippen LogP contribution in [0.1, 0.15) is 72.1 Å². The molecule has 0 rings (SSSR count). The lowest BCUT2D eigenvalue weighted by atomic mass is 9.76. The van der Waals surface area contributed by atoms with E-state index < -0.39 is 5.97 Å². The molecule has 3 N–H and O–H groups in total. The Morgan fingerprint density at radius 1 is 1.05 bits per heavy atom. The van der Waals surface area contributed by atoms with Gasteiger partial charge in [0.05, 0.1) is 0 Å². The fourth-order valence-electron chi connectivity index (χ4n) is 2.46. The molecule has 0 saturated carbocycles. The summed E-state index contributed by atoms with van der Waals surface area (Å²) in [6.45, 7) is 8.70. The highest BCUT2D eigenvalue weighted by atomic mass is 16.5. The molecule has 0 fully saturated rings. The Morgan fingerprint density at radius 2 is 1.62 bits per heavy atom. The molecule has 1 atom stereocenters. The number of ether oxygens (including phenoxy) is 1. The minimum absolute atomic E-state index is 0.0430. The Balaban J connectivity index is 3.56. The number of rotatable bonds is 13. The number of hydrogen-bond acceptors (Lipinski definition) is 3. The zero-order valence-electron chi connectivity index (χ0n) is 14.2. The van der Waals surface area contributed by atoms with E-state index in [1.165, 1.54) is 19.3 Å². The lowest BCUT2D eigenvalue weighted by molar-refractivity contribution is -0.139. The molecular weight excluding hydrogens is 266 g/mol. The van der Waals surface area contributed by atoms with Gasteiger partial charge < -0.3 is 15.6 Å². The van der Waals surface area contributed by atoms with Gasteiger partial charge in [0.25, 0.3) is 0 Å². The van der Waals surface area contributed by atoms with Crippen molar-refractivity contribution in [3.8, 4) is 0 Å². The Labute approximate surface area is 130 Å². The van der Waals surface area contributed by atoms with Gasteiger partial charge >= 0.3 is 5.97 Å². The van der Waals surface area contributed by atoms with Crippen molar-refractivity contribution in [3.63, 3.8) is 0 Å². The zero-order chi connectivity index (χ0) is 16.1. The third kappa shape index (κ3) is 12.8. The monoisotopic (exact) mass is 301 g/mol. The van der Waals surface area contributed by atoms with Gasteiger partial charge in [-0.05, 0) is 43.6 Å². The number of carboxylic acid groups (broad SMARTS) is 1. The number of carbonyl (C=O) groups is 1. The average molecular weight is 301 g/mol. The molecule has 4 heteroatoms. The summed E-state index contributed by atoms with van der Waals surface area (Å²) in [6, 6.07) is 0. The summed E-state index contributed by atoms with van der Waals surface area (Å²) in [4.78, 5) is 10.9. The highest BCUT2D eigenvalue weighted by molar-refractivity contribution is 5.67. The molecule has 0 spiro atoms. The zero-order valence-corrected chi connectivity index (χ0v) is 14.2. The molecule has 0 aliphatic carbocycles. The molecule has 0 aromatic rings. The third-order valence-electron chi connectivity index (χ3n) is 3.98. The van der Waals surface area contributed by atoms with Crippen LogP contribution in [-0.2, 0) is 9.53 Å². The molecule has 21 heavy (non-hydrogen) atoms. The smallest absolute Gasteiger partial charge is 0.303 e. The predicted octanol–water partition coefficient (Wildman–Crippen LogP) is 3.83. The summed E-state index contributed by atoms with van der Waals surface area (Å²) in [6.07, 6.45) is 8.04. The van der Waals surface area contributed by atoms with Crippen molar-refractivity contribution in [1.82, 2.24) is 0 Å². The largest absolute Gasteiger partial charge is 0.481 e. The van der Waals surface area contributed by atoms with Crippen molar-refractivity contribution in [1.29, 1.82) is 0 Å². The second-order valence-electron chi connectivity index (χ2n) is 6.97. The second-order valence-corrected chi connectivity index (χ2v) is 6.97. The van der Waals surface area contributed by atoms with Gasteiger partial charge in [0.15, 0.2) is 0 Å². The topological polar surface area (TPSA) is 72.5 Å². The third-order valence-corrected chi connectivity index (χ3v) is 3.98. The summed E-state index contributed by atoms with van der Waals surface area (Å²) in [5, 5.41) is 8.97. The van der Waals surface area contributed by atoms with Crippen molar-refractivity contribution in [3.05, 3.63) is 0 Å². The van der Waals surface area contributed by atoms with Crippen LogP contribution in [0.15, 0.2) is 0 Å². The van der Waals surface area contributed by atoms with Crippen LogP contribution in [0.2, 0.25) is 0 Å². The van der Waals surface area contributed by atoms with Gasteiger partial charge in [0, 0.05) is 19.6 Å². The summed E-state index contributed by atoms with van der Waals surface area (Å²) in [5.74, 6) is -0.483. The fourth-order valence-corrected chi connectivity index (χ4v) is 2.46. The van der Waals surface area contributed by atoms with Crippen molar-refractivity contribution in [2.24, 2.45) is 17.1 Å². The van der Waals surface area contributed by atoms with Gasteiger partial charge in [0.2, 0.25) is 0 Å². The van der Waals surface area contributed by atoms with Crippen LogP contribution in [0.3, 0.4) is 0 Å². The van der Waals surface area contributed by atoms with Gasteiger partial charge in [-0.25, -0.2) is 0 Å². The minimum Gasteiger partial charge on any atom is -0.481 e. The lowest BCUT2D eigenvalue weighted by Crippen LogP contribution is -2.23. The molecular formula is C17H35NO3. The van der Waals surface area contributed by atoms with Crippen LogP contribution in [-0.4, -0.2) is 30.8 Å². The molecule has 0 aliphatic heterocycles. The van der Waals surface area contributed by atoms with Crippen molar-refractivity contribution in [2.75, 3.05) is 19.8 Å². The molecule has 0 radical (unpaired) electrons. The Kier molecular flexibility index (Phi) is 11.6.